The van der Waals surface area contributed by atoms with E-state index in [0.29, 0.717) is 0 Å². The van der Waals surface area contributed by atoms with E-state index in [1.807, 2.05) is 18.2 Å². The molecule has 0 aliphatic carbocycles. The zero-order valence-electron chi connectivity index (χ0n) is 13.3. The summed E-state index contributed by atoms with van der Waals surface area (Å²) >= 11 is 0. The van der Waals surface area contributed by atoms with Crippen molar-refractivity contribution in [2.24, 2.45) is 0 Å². The van der Waals surface area contributed by atoms with Gasteiger partial charge >= 0.3 is 0 Å². The third-order valence-electron chi connectivity index (χ3n) is 5.54. The number of Topliss-reactive ketones (excluding diaryl/α,β-unsaturated/α-hetero) is 1. The van der Waals surface area contributed by atoms with Gasteiger partial charge in [0.1, 0.15) is 5.78 Å². The topological polar surface area (TPSA) is 29.5 Å². The van der Waals surface area contributed by atoms with E-state index in [1.54, 1.807) is 6.92 Å². The van der Waals surface area contributed by atoms with E-state index in [1.165, 1.54) is 0 Å². The molecule has 2 saturated heterocycles. The molecule has 2 aliphatic heterocycles. The van der Waals surface area contributed by atoms with Gasteiger partial charge < -0.3 is 9.64 Å². The summed E-state index contributed by atoms with van der Waals surface area (Å²) in [5.74, 6) is 0.233. The lowest BCUT2D eigenvalue weighted by atomic mass is 9.68. The highest BCUT2D eigenvalue weighted by Crippen LogP contribution is 2.50. The van der Waals surface area contributed by atoms with Crippen LogP contribution in [0.15, 0.2) is 30.3 Å². The summed E-state index contributed by atoms with van der Waals surface area (Å²) in [7, 11) is 2.15. The van der Waals surface area contributed by atoms with Crippen molar-refractivity contribution < 1.29 is 9.53 Å². The maximum atomic E-state index is 12.6. The zero-order valence-corrected chi connectivity index (χ0v) is 13.3. The van der Waals surface area contributed by atoms with Crippen LogP contribution in [0.4, 0.5) is 0 Å². The van der Waals surface area contributed by atoms with Gasteiger partial charge in [-0.25, -0.2) is 0 Å². The Kier molecular flexibility index (Phi) is 3.66. The number of carbonyl (C=O) groups is 1. The summed E-state index contributed by atoms with van der Waals surface area (Å²) in [6, 6.07) is 10.2. The normalized spacial score (nSPS) is 32.4. The molecule has 2 heterocycles. The highest BCUT2D eigenvalue weighted by atomic mass is 16.5. The second-order valence-electron chi connectivity index (χ2n) is 6.82. The molecule has 0 aromatic heterocycles. The molecule has 0 radical (unpaired) electrons. The van der Waals surface area contributed by atoms with Gasteiger partial charge in [-0.15, -0.1) is 0 Å². The van der Waals surface area contributed by atoms with E-state index in [9.17, 15) is 4.79 Å². The fourth-order valence-electron chi connectivity index (χ4n) is 4.18. The summed E-state index contributed by atoms with van der Waals surface area (Å²) in [4.78, 5) is 14.9. The highest BCUT2D eigenvalue weighted by Gasteiger charge is 2.57. The van der Waals surface area contributed by atoms with Gasteiger partial charge in [0.25, 0.3) is 0 Å². The first-order valence-corrected chi connectivity index (χ1v) is 7.91. The second kappa shape index (κ2) is 5.22. The Bertz CT molecular complexity index is 519. The summed E-state index contributed by atoms with van der Waals surface area (Å²) < 4.78 is 6.42. The Morgan fingerprint density at radius 2 is 1.86 bits per heavy atom. The van der Waals surface area contributed by atoms with Crippen LogP contribution in [0.5, 0.6) is 0 Å². The molecule has 21 heavy (non-hydrogen) atoms. The van der Waals surface area contributed by atoms with Crippen LogP contribution in [0.1, 0.15) is 38.7 Å². The largest absolute Gasteiger partial charge is 0.371 e. The van der Waals surface area contributed by atoms with Crippen LogP contribution in [0.2, 0.25) is 0 Å². The van der Waals surface area contributed by atoms with Crippen LogP contribution in [-0.2, 0) is 14.9 Å². The van der Waals surface area contributed by atoms with Gasteiger partial charge in [0, 0.05) is 13.1 Å². The maximum Gasteiger partial charge on any atom is 0.143 e. The average Bonchev–Trinajstić information content (AvgIpc) is 2.77. The van der Waals surface area contributed by atoms with Crippen molar-refractivity contribution in [3.05, 3.63) is 35.9 Å². The summed E-state index contributed by atoms with van der Waals surface area (Å²) in [6.45, 7) is 5.90. The van der Waals surface area contributed by atoms with Crippen molar-refractivity contribution in [3.8, 4) is 0 Å². The maximum absolute atomic E-state index is 12.6. The third kappa shape index (κ3) is 2.33. The fraction of sp³-hybridized carbons (Fsp3) is 0.611. The van der Waals surface area contributed by atoms with Gasteiger partial charge in [-0.2, -0.15) is 0 Å². The van der Waals surface area contributed by atoms with Gasteiger partial charge in [-0.1, -0.05) is 30.3 Å². The summed E-state index contributed by atoms with van der Waals surface area (Å²) in [5, 5.41) is 0. The highest BCUT2D eigenvalue weighted by molar-refractivity contribution is 5.89. The number of ether oxygens (including phenoxy) is 1. The van der Waals surface area contributed by atoms with E-state index >= 15 is 0 Å². The molecule has 114 valence electrons. The predicted molar refractivity (Wildman–Crippen MR) is 83.4 cm³/mol. The first kappa shape index (κ1) is 14.7. The van der Waals surface area contributed by atoms with Crippen molar-refractivity contribution in [3.63, 3.8) is 0 Å². The Hall–Kier alpha value is -1.19. The lowest BCUT2D eigenvalue weighted by molar-refractivity contribution is -0.124. The number of likely N-dealkylation sites (tertiary alicyclic amines) is 1. The van der Waals surface area contributed by atoms with Gasteiger partial charge in [0.15, 0.2) is 0 Å². The van der Waals surface area contributed by atoms with Crippen molar-refractivity contribution in [2.75, 3.05) is 20.1 Å². The van der Waals surface area contributed by atoms with Crippen LogP contribution in [-0.4, -0.2) is 42.5 Å². The van der Waals surface area contributed by atoms with Gasteiger partial charge in [0.05, 0.1) is 17.1 Å². The first-order chi connectivity index (χ1) is 9.98. The quantitative estimate of drug-likeness (QED) is 0.837. The lowest BCUT2D eigenvalue weighted by Gasteiger charge is -2.38. The van der Waals surface area contributed by atoms with Gasteiger partial charge in [0.2, 0.25) is 0 Å². The van der Waals surface area contributed by atoms with Crippen molar-refractivity contribution >= 4 is 5.78 Å². The van der Waals surface area contributed by atoms with Gasteiger partial charge in [-0.3, -0.25) is 4.79 Å². The minimum absolute atomic E-state index is 0.0548. The fourth-order valence-corrected chi connectivity index (χ4v) is 4.18. The standard InChI is InChI=1S/C18H25NO2/c1-14(20)18(16-7-5-4-6-8-16)13-17(21-15(18)2)9-11-19(3)12-10-17/h4-8,15H,9-13H2,1-3H3. The molecule has 0 saturated carbocycles. The SMILES string of the molecule is CC(=O)C1(c2ccccc2)CC2(CCN(C)CC2)OC1C. The lowest BCUT2D eigenvalue weighted by Crippen LogP contribution is -2.44. The van der Waals surface area contributed by atoms with E-state index < -0.39 is 5.41 Å². The van der Waals surface area contributed by atoms with Crippen LogP contribution in [0, 0.1) is 0 Å². The van der Waals surface area contributed by atoms with Crippen LogP contribution in [0.3, 0.4) is 0 Å². The number of benzene rings is 1. The minimum atomic E-state index is -0.475. The van der Waals surface area contributed by atoms with Crippen LogP contribution in [0.25, 0.3) is 0 Å². The Morgan fingerprint density at radius 1 is 1.24 bits per heavy atom. The van der Waals surface area contributed by atoms with E-state index in [2.05, 4.69) is 31.0 Å². The molecule has 2 fully saturated rings. The molecule has 3 nitrogen and oxygen atoms in total. The predicted octanol–water partition coefficient (Wildman–Crippen LogP) is 2.79. The molecule has 0 amide bonds. The number of hydrogen-bond acceptors (Lipinski definition) is 3. The van der Waals surface area contributed by atoms with Crippen molar-refractivity contribution in [1.82, 2.24) is 4.90 Å². The first-order valence-electron chi connectivity index (χ1n) is 7.91. The minimum Gasteiger partial charge on any atom is -0.371 e. The molecule has 0 bridgehead atoms. The van der Waals surface area contributed by atoms with Crippen LogP contribution < -0.4 is 0 Å². The molecule has 2 unspecified atom stereocenters. The number of hydrogen-bond donors (Lipinski definition) is 0. The van der Waals surface area contributed by atoms with E-state index in [4.69, 9.17) is 4.74 Å². The van der Waals surface area contributed by atoms with E-state index in [0.717, 1.165) is 37.9 Å². The Labute approximate surface area is 127 Å². The second-order valence-corrected chi connectivity index (χ2v) is 6.82. The monoisotopic (exact) mass is 287 g/mol. The zero-order chi connectivity index (χ0) is 15.1. The summed E-state index contributed by atoms with van der Waals surface area (Å²) in [5.41, 5.74) is 0.519. The molecular formula is C18H25NO2. The van der Waals surface area contributed by atoms with Gasteiger partial charge in [-0.05, 0) is 45.7 Å². The Balaban J connectivity index is 1.97. The number of carbonyl (C=O) groups excluding carboxylic acids is 1. The smallest absolute Gasteiger partial charge is 0.143 e. The van der Waals surface area contributed by atoms with Crippen molar-refractivity contribution in [2.45, 2.75) is 50.2 Å². The third-order valence-corrected chi connectivity index (χ3v) is 5.54. The molecule has 2 aliphatic rings. The molecule has 1 spiro atoms. The molecule has 1 aromatic carbocycles. The number of rotatable bonds is 2. The van der Waals surface area contributed by atoms with Crippen molar-refractivity contribution in [1.29, 1.82) is 0 Å². The molecule has 1 aromatic rings. The number of piperidine rings is 1. The molecule has 2 atom stereocenters. The molecule has 0 N–H and O–H groups in total. The molecular weight excluding hydrogens is 262 g/mol. The number of nitrogens with zero attached hydrogens (tertiary/aromatic N) is 1. The van der Waals surface area contributed by atoms with Crippen LogP contribution >= 0.6 is 0 Å². The molecule has 3 heteroatoms. The number of ketones is 1. The average molecular weight is 287 g/mol. The summed E-state index contributed by atoms with van der Waals surface area (Å²) in [6.07, 6.45) is 2.82. The van der Waals surface area contributed by atoms with E-state index in [-0.39, 0.29) is 17.5 Å². The molecule has 3 rings (SSSR count). The Morgan fingerprint density at radius 3 is 2.43 bits per heavy atom.